The van der Waals surface area contributed by atoms with E-state index in [0.29, 0.717) is 12.3 Å². The van der Waals surface area contributed by atoms with Crippen LogP contribution in [0.4, 0.5) is 0 Å². The van der Waals surface area contributed by atoms with Crippen LogP contribution in [0.5, 0.6) is 5.75 Å². The Hall–Kier alpha value is -1.63. The third kappa shape index (κ3) is 4.45. The summed E-state index contributed by atoms with van der Waals surface area (Å²) in [6, 6.07) is 6.26. The van der Waals surface area contributed by atoms with Gasteiger partial charge in [0.15, 0.2) is 0 Å². The molecule has 1 saturated carbocycles. The molecule has 4 rings (SSSR count). The third-order valence-corrected chi connectivity index (χ3v) is 6.26. The molecule has 1 aromatic rings. The van der Waals surface area contributed by atoms with E-state index in [1.165, 1.54) is 5.56 Å². The lowest BCUT2D eigenvalue weighted by Gasteiger charge is -2.38. The number of carbonyl (C=O) groups is 1. The Labute approximate surface area is 161 Å². The van der Waals surface area contributed by atoms with E-state index in [1.807, 2.05) is 6.07 Å². The minimum Gasteiger partial charge on any atom is -0.493 e. The van der Waals surface area contributed by atoms with Gasteiger partial charge in [0.2, 0.25) is 5.91 Å². The number of piperazine rings is 1. The van der Waals surface area contributed by atoms with Crippen molar-refractivity contribution in [2.45, 2.75) is 37.8 Å². The van der Waals surface area contributed by atoms with Gasteiger partial charge in [-0.05, 0) is 49.1 Å². The number of nitrogens with one attached hydrogen (secondary N) is 1. The van der Waals surface area contributed by atoms with Crippen molar-refractivity contribution >= 4 is 5.91 Å². The first-order chi connectivity index (χ1) is 13.1. The van der Waals surface area contributed by atoms with Crippen LogP contribution >= 0.6 is 0 Å². The molecule has 1 aromatic carbocycles. The number of aliphatic hydroxyl groups excluding tert-OH is 1. The van der Waals surface area contributed by atoms with E-state index in [1.54, 1.807) is 0 Å². The third-order valence-electron chi connectivity index (χ3n) is 6.26. The minimum absolute atomic E-state index is 0.0145. The van der Waals surface area contributed by atoms with Gasteiger partial charge in [0.25, 0.3) is 0 Å². The van der Waals surface area contributed by atoms with Crippen LogP contribution in [0.1, 0.15) is 36.4 Å². The summed E-state index contributed by atoms with van der Waals surface area (Å²) in [5, 5.41) is 13.0. The summed E-state index contributed by atoms with van der Waals surface area (Å²) in [5.41, 5.74) is 2.37. The second-order valence-electron chi connectivity index (χ2n) is 8.29. The van der Waals surface area contributed by atoms with Crippen LogP contribution in [0.3, 0.4) is 0 Å². The van der Waals surface area contributed by atoms with Gasteiger partial charge in [0.1, 0.15) is 5.75 Å². The summed E-state index contributed by atoms with van der Waals surface area (Å²) in [5.74, 6) is 1.39. The monoisotopic (exact) mass is 373 g/mol. The Balaban J connectivity index is 1.37. The number of benzene rings is 1. The fourth-order valence-corrected chi connectivity index (χ4v) is 4.35. The van der Waals surface area contributed by atoms with Crippen LogP contribution in [-0.4, -0.2) is 73.3 Å². The van der Waals surface area contributed by atoms with E-state index in [4.69, 9.17) is 4.74 Å². The zero-order chi connectivity index (χ0) is 18.8. The quantitative estimate of drug-likeness (QED) is 0.784. The fraction of sp³-hybridized carbons (Fsp3) is 0.667. The SMILES string of the molecule is CN1CCN(CCC(=O)N[C@H](c2ccc3c(c2)CCO3)C2CC(O)C2)CC1. The summed E-state index contributed by atoms with van der Waals surface area (Å²) in [6.07, 6.45) is 2.76. The highest BCUT2D eigenvalue weighted by Gasteiger charge is 2.36. The lowest BCUT2D eigenvalue weighted by molar-refractivity contribution is -0.123. The predicted molar refractivity (Wildman–Crippen MR) is 104 cm³/mol. The maximum absolute atomic E-state index is 12.7. The fourth-order valence-electron chi connectivity index (χ4n) is 4.35. The van der Waals surface area contributed by atoms with Gasteiger partial charge in [-0.25, -0.2) is 0 Å². The largest absolute Gasteiger partial charge is 0.493 e. The number of rotatable bonds is 6. The maximum atomic E-state index is 12.7. The molecule has 6 heteroatoms. The molecule has 0 spiro atoms. The van der Waals surface area contributed by atoms with E-state index in [0.717, 1.165) is 69.9 Å². The number of carbonyl (C=O) groups excluding carboxylic acids is 1. The number of likely N-dealkylation sites (N-methyl/N-ethyl adjacent to an activating group) is 1. The number of nitrogens with zero attached hydrogens (tertiary/aromatic N) is 2. The van der Waals surface area contributed by atoms with E-state index >= 15 is 0 Å². The summed E-state index contributed by atoms with van der Waals surface area (Å²) in [7, 11) is 2.14. The van der Waals surface area contributed by atoms with Crippen LogP contribution in [-0.2, 0) is 11.2 Å². The topological polar surface area (TPSA) is 65.0 Å². The molecule has 1 aliphatic carbocycles. The van der Waals surface area contributed by atoms with Gasteiger partial charge in [-0.2, -0.15) is 0 Å². The second kappa shape index (κ2) is 8.17. The molecule has 2 fully saturated rings. The van der Waals surface area contributed by atoms with Crippen molar-refractivity contribution in [3.8, 4) is 5.75 Å². The first-order valence-electron chi connectivity index (χ1n) is 10.2. The standard InChI is InChI=1S/C21H31N3O3/c1-23-7-9-24(10-8-23)6-4-20(26)22-21(17-13-18(25)14-17)16-2-3-19-15(12-16)5-11-27-19/h2-3,12,17-18,21,25H,4-11,13-14H2,1H3,(H,22,26)/t17?,18?,21-/m1/s1. The molecule has 2 aliphatic heterocycles. The van der Waals surface area contributed by atoms with Crippen molar-refractivity contribution in [2.75, 3.05) is 46.4 Å². The van der Waals surface area contributed by atoms with Crippen molar-refractivity contribution in [2.24, 2.45) is 5.92 Å². The molecule has 1 saturated heterocycles. The van der Waals surface area contributed by atoms with Gasteiger partial charge in [-0.3, -0.25) is 4.79 Å². The van der Waals surface area contributed by atoms with Gasteiger partial charge < -0.3 is 25.0 Å². The molecule has 27 heavy (non-hydrogen) atoms. The second-order valence-corrected chi connectivity index (χ2v) is 8.29. The molecule has 2 heterocycles. The molecule has 0 bridgehead atoms. The molecule has 6 nitrogen and oxygen atoms in total. The first-order valence-corrected chi connectivity index (χ1v) is 10.2. The van der Waals surface area contributed by atoms with E-state index in [-0.39, 0.29) is 18.1 Å². The summed E-state index contributed by atoms with van der Waals surface area (Å²) < 4.78 is 5.61. The lowest BCUT2D eigenvalue weighted by Crippen LogP contribution is -2.46. The van der Waals surface area contributed by atoms with Gasteiger partial charge in [-0.15, -0.1) is 0 Å². The highest BCUT2D eigenvalue weighted by atomic mass is 16.5. The van der Waals surface area contributed by atoms with E-state index < -0.39 is 0 Å². The number of amides is 1. The summed E-state index contributed by atoms with van der Waals surface area (Å²) >= 11 is 0. The average Bonchev–Trinajstić information content (AvgIpc) is 3.11. The number of hydrogen-bond donors (Lipinski definition) is 2. The lowest BCUT2D eigenvalue weighted by atomic mass is 9.75. The van der Waals surface area contributed by atoms with Crippen LogP contribution in [0, 0.1) is 5.92 Å². The highest BCUT2D eigenvalue weighted by Crippen LogP contribution is 2.39. The smallest absolute Gasteiger partial charge is 0.221 e. The maximum Gasteiger partial charge on any atom is 0.221 e. The molecule has 0 aromatic heterocycles. The zero-order valence-electron chi connectivity index (χ0n) is 16.2. The van der Waals surface area contributed by atoms with Crippen LogP contribution in [0.15, 0.2) is 18.2 Å². The Morgan fingerprint density at radius 1 is 1.30 bits per heavy atom. The van der Waals surface area contributed by atoms with Gasteiger partial charge in [0, 0.05) is 45.6 Å². The van der Waals surface area contributed by atoms with E-state index in [2.05, 4.69) is 34.3 Å². The number of ether oxygens (including phenoxy) is 1. The van der Waals surface area contributed by atoms with Crippen LogP contribution in [0.25, 0.3) is 0 Å². The van der Waals surface area contributed by atoms with E-state index in [9.17, 15) is 9.90 Å². The average molecular weight is 373 g/mol. The highest BCUT2D eigenvalue weighted by molar-refractivity contribution is 5.76. The van der Waals surface area contributed by atoms with Crippen molar-refractivity contribution in [3.05, 3.63) is 29.3 Å². The molecular formula is C21H31N3O3. The van der Waals surface area contributed by atoms with Crippen LogP contribution in [0.2, 0.25) is 0 Å². The van der Waals surface area contributed by atoms with Crippen molar-refractivity contribution in [1.29, 1.82) is 0 Å². The summed E-state index contributed by atoms with van der Waals surface area (Å²) in [4.78, 5) is 17.4. The Kier molecular flexibility index (Phi) is 5.66. The zero-order valence-corrected chi connectivity index (χ0v) is 16.2. The molecule has 3 aliphatic rings. The normalized spacial score (nSPS) is 26.7. The Morgan fingerprint density at radius 2 is 2.07 bits per heavy atom. The van der Waals surface area contributed by atoms with Gasteiger partial charge >= 0.3 is 0 Å². The number of aliphatic hydroxyl groups is 1. The number of fused-ring (bicyclic) bond motifs is 1. The molecular weight excluding hydrogens is 342 g/mol. The van der Waals surface area contributed by atoms with Crippen LogP contribution < -0.4 is 10.1 Å². The Morgan fingerprint density at radius 3 is 2.81 bits per heavy atom. The Bertz CT molecular complexity index is 667. The number of hydrogen-bond acceptors (Lipinski definition) is 5. The van der Waals surface area contributed by atoms with Crippen molar-refractivity contribution in [3.63, 3.8) is 0 Å². The van der Waals surface area contributed by atoms with Gasteiger partial charge in [-0.1, -0.05) is 6.07 Å². The van der Waals surface area contributed by atoms with Crippen molar-refractivity contribution in [1.82, 2.24) is 15.1 Å². The molecule has 2 N–H and O–H groups in total. The van der Waals surface area contributed by atoms with Crippen molar-refractivity contribution < 1.29 is 14.6 Å². The van der Waals surface area contributed by atoms with Gasteiger partial charge in [0.05, 0.1) is 18.8 Å². The summed E-state index contributed by atoms with van der Waals surface area (Å²) in [6.45, 7) is 5.77. The molecule has 148 valence electrons. The predicted octanol–water partition coefficient (Wildman–Crippen LogP) is 1.19. The molecule has 0 unspecified atom stereocenters. The minimum atomic E-state index is -0.225. The molecule has 0 radical (unpaired) electrons. The first kappa shape index (κ1) is 18.7. The molecule has 1 amide bonds. The molecule has 1 atom stereocenters.